The van der Waals surface area contributed by atoms with Gasteiger partial charge in [-0.15, -0.1) is 0 Å². The Kier molecular flexibility index (Phi) is 2.69. The molecule has 0 aliphatic heterocycles. The Bertz CT molecular complexity index is 524. The van der Waals surface area contributed by atoms with Crippen LogP contribution in [0.4, 0.5) is 13.2 Å². The number of aryl methyl sites for hydroxylation is 1. The van der Waals surface area contributed by atoms with Crippen molar-refractivity contribution in [3.05, 3.63) is 41.9 Å². The first kappa shape index (κ1) is 11.7. The van der Waals surface area contributed by atoms with Crippen LogP contribution in [0.5, 0.6) is 0 Å². The fraction of sp³-hybridized carbons (Fsp3) is 0.250. The summed E-state index contributed by atoms with van der Waals surface area (Å²) in [6.45, 7) is 1.84. The number of nitrogens with zero attached hydrogens (tertiary/aromatic N) is 2. The number of alkyl halides is 3. The lowest BCUT2D eigenvalue weighted by Gasteiger charge is -2.08. The van der Waals surface area contributed by atoms with Crippen LogP contribution in [0.15, 0.2) is 30.5 Å². The average Bonchev–Trinajstić information content (AvgIpc) is 2.59. The van der Waals surface area contributed by atoms with E-state index in [2.05, 4.69) is 4.98 Å². The molecule has 90 valence electrons. The zero-order valence-corrected chi connectivity index (χ0v) is 9.42. The van der Waals surface area contributed by atoms with E-state index in [1.165, 1.54) is 12.1 Å². The molecule has 0 unspecified atom stereocenters. The van der Waals surface area contributed by atoms with Gasteiger partial charge in [-0.05, 0) is 24.6 Å². The van der Waals surface area contributed by atoms with Crippen molar-refractivity contribution in [3.63, 3.8) is 0 Å². The lowest BCUT2D eigenvalue weighted by atomic mass is 10.1. The molecule has 0 aliphatic rings. The lowest BCUT2D eigenvalue weighted by molar-refractivity contribution is -0.137. The minimum atomic E-state index is -4.29. The van der Waals surface area contributed by atoms with Gasteiger partial charge in [0.2, 0.25) is 0 Å². The first-order chi connectivity index (χ1) is 7.89. The van der Waals surface area contributed by atoms with Crippen molar-refractivity contribution >= 4 is 0 Å². The predicted octanol–water partition coefficient (Wildman–Crippen LogP) is 3.41. The molecule has 0 amide bonds. The number of hydrogen-bond donors (Lipinski definition) is 0. The summed E-state index contributed by atoms with van der Waals surface area (Å²) in [5.74, 6) is 0.819. The van der Waals surface area contributed by atoms with Gasteiger partial charge in [-0.1, -0.05) is 12.1 Å². The Morgan fingerprint density at radius 3 is 2.12 bits per heavy atom. The van der Waals surface area contributed by atoms with Gasteiger partial charge in [0.25, 0.3) is 0 Å². The maximum absolute atomic E-state index is 12.4. The molecule has 0 bridgehead atoms. The zero-order valence-electron chi connectivity index (χ0n) is 9.42. The van der Waals surface area contributed by atoms with Crippen molar-refractivity contribution in [3.8, 4) is 11.3 Å². The molecule has 5 heteroatoms. The highest BCUT2D eigenvalue weighted by Crippen LogP contribution is 2.30. The summed E-state index contributed by atoms with van der Waals surface area (Å²) in [4.78, 5) is 4.10. The Labute approximate surface area is 96.7 Å². The number of hydrogen-bond acceptors (Lipinski definition) is 1. The van der Waals surface area contributed by atoms with E-state index >= 15 is 0 Å². The van der Waals surface area contributed by atoms with Gasteiger partial charge in [-0.3, -0.25) is 0 Å². The summed E-state index contributed by atoms with van der Waals surface area (Å²) in [6.07, 6.45) is -2.64. The summed E-state index contributed by atoms with van der Waals surface area (Å²) in [7, 11) is 1.83. The molecule has 0 saturated carbocycles. The highest BCUT2D eigenvalue weighted by atomic mass is 19.4. The third-order valence-electron chi connectivity index (χ3n) is 2.73. The van der Waals surface area contributed by atoms with Crippen LogP contribution in [0.25, 0.3) is 11.3 Å². The summed E-state index contributed by atoms with van der Waals surface area (Å²) in [5, 5.41) is 0. The maximum atomic E-state index is 12.4. The van der Waals surface area contributed by atoms with Crippen LogP contribution in [0, 0.1) is 6.92 Å². The SMILES string of the molecule is Cc1ncc(-c2ccc(C(F)(F)F)cc2)n1C. The van der Waals surface area contributed by atoms with E-state index in [0.717, 1.165) is 29.2 Å². The number of benzene rings is 1. The molecule has 1 aromatic heterocycles. The van der Waals surface area contributed by atoms with Gasteiger partial charge in [-0.25, -0.2) is 4.98 Å². The number of aromatic nitrogens is 2. The maximum Gasteiger partial charge on any atom is 0.416 e. The van der Waals surface area contributed by atoms with Gasteiger partial charge < -0.3 is 4.57 Å². The fourth-order valence-corrected chi connectivity index (χ4v) is 1.60. The van der Waals surface area contributed by atoms with Crippen LogP contribution in [-0.2, 0) is 13.2 Å². The summed E-state index contributed by atoms with van der Waals surface area (Å²) in [5.41, 5.74) is 0.887. The van der Waals surface area contributed by atoms with Crippen molar-refractivity contribution in [1.82, 2.24) is 9.55 Å². The van der Waals surface area contributed by atoms with E-state index in [9.17, 15) is 13.2 Å². The molecule has 0 spiro atoms. The van der Waals surface area contributed by atoms with E-state index in [1.54, 1.807) is 6.20 Å². The first-order valence-corrected chi connectivity index (χ1v) is 5.05. The zero-order chi connectivity index (χ0) is 12.6. The molecule has 1 heterocycles. The van der Waals surface area contributed by atoms with Crippen LogP contribution in [0.3, 0.4) is 0 Å². The van der Waals surface area contributed by atoms with Crippen LogP contribution < -0.4 is 0 Å². The number of halogens is 3. The summed E-state index contributed by atoms with van der Waals surface area (Å²) < 4.78 is 39.0. The van der Waals surface area contributed by atoms with Crippen molar-refractivity contribution < 1.29 is 13.2 Å². The van der Waals surface area contributed by atoms with Gasteiger partial charge in [0.05, 0.1) is 17.5 Å². The molecule has 0 aliphatic carbocycles. The largest absolute Gasteiger partial charge is 0.416 e. The Morgan fingerprint density at radius 1 is 1.12 bits per heavy atom. The minimum absolute atomic E-state index is 0.639. The van der Waals surface area contributed by atoms with E-state index in [4.69, 9.17) is 0 Å². The quantitative estimate of drug-likeness (QED) is 0.746. The molecule has 2 rings (SSSR count). The second-order valence-corrected chi connectivity index (χ2v) is 3.82. The van der Waals surface area contributed by atoms with Gasteiger partial charge in [0.15, 0.2) is 0 Å². The average molecular weight is 240 g/mol. The molecule has 17 heavy (non-hydrogen) atoms. The Hall–Kier alpha value is -1.78. The number of imidazole rings is 1. The third-order valence-corrected chi connectivity index (χ3v) is 2.73. The smallest absolute Gasteiger partial charge is 0.331 e. The van der Waals surface area contributed by atoms with E-state index in [1.807, 2.05) is 18.5 Å². The fourth-order valence-electron chi connectivity index (χ4n) is 1.60. The molecule has 0 fully saturated rings. The first-order valence-electron chi connectivity index (χ1n) is 5.05. The van der Waals surface area contributed by atoms with Gasteiger partial charge >= 0.3 is 6.18 Å². The second-order valence-electron chi connectivity index (χ2n) is 3.82. The summed E-state index contributed by atoms with van der Waals surface area (Å²) >= 11 is 0. The topological polar surface area (TPSA) is 17.8 Å². The van der Waals surface area contributed by atoms with Crippen LogP contribution >= 0.6 is 0 Å². The minimum Gasteiger partial charge on any atom is -0.331 e. The molecule has 1 aromatic carbocycles. The van der Waals surface area contributed by atoms with Gasteiger partial charge in [-0.2, -0.15) is 13.2 Å². The molecule has 0 radical (unpaired) electrons. The van der Waals surface area contributed by atoms with Crippen LogP contribution in [-0.4, -0.2) is 9.55 Å². The Balaban J connectivity index is 2.40. The Morgan fingerprint density at radius 2 is 1.71 bits per heavy atom. The van der Waals surface area contributed by atoms with Crippen molar-refractivity contribution in [1.29, 1.82) is 0 Å². The standard InChI is InChI=1S/C12H11F3N2/c1-8-16-7-11(17(8)2)9-3-5-10(6-4-9)12(13,14)15/h3-7H,1-2H3. The highest BCUT2D eigenvalue weighted by molar-refractivity contribution is 5.59. The van der Waals surface area contributed by atoms with Crippen molar-refractivity contribution in [2.45, 2.75) is 13.1 Å². The number of rotatable bonds is 1. The third kappa shape index (κ3) is 2.18. The highest BCUT2D eigenvalue weighted by Gasteiger charge is 2.30. The lowest BCUT2D eigenvalue weighted by Crippen LogP contribution is -2.04. The molecule has 0 saturated heterocycles. The van der Waals surface area contributed by atoms with Gasteiger partial charge in [0, 0.05) is 7.05 Å². The van der Waals surface area contributed by atoms with Crippen LogP contribution in [0.1, 0.15) is 11.4 Å². The van der Waals surface area contributed by atoms with E-state index in [0.29, 0.717) is 0 Å². The second kappa shape index (κ2) is 3.91. The van der Waals surface area contributed by atoms with Crippen LogP contribution in [0.2, 0.25) is 0 Å². The summed E-state index contributed by atoms with van der Waals surface area (Å²) in [6, 6.07) is 5.08. The molecule has 2 aromatic rings. The van der Waals surface area contributed by atoms with Crippen molar-refractivity contribution in [2.24, 2.45) is 7.05 Å². The normalized spacial score (nSPS) is 11.8. The van der Waals surface area contributed by atoms with E-state index < -0.39 is 11.7 Å². The molecule has 2 nitrogen and oxygen atoms in total. The van der Waals surface area contributed by atoms with E-state index in [-0.39, 0.29) is 0 Å². The molecular weight excluding hydrogens is 229 g/mol. The predicted molar refractivity (Wildman–Crippen MR) is 58.4 cm³/mol. The molecule has 0 N–H and O–H groups in total. The monoisotopic (exact) mass is 240 g/mol. The molecule has 0 atom stereocenters. The van der Waals surface area contributed by atoms with Gasteiger partial charge in [0.1, 0.15) is 5.82 Å². The molecular formula is C12H11F3N2. The van der Waals surface area contributed by atoms with Crippen molar-refractivity contribution in [2.75, 3.05) is 0 Å².